The molecule has 2 rings (SSSR count). The summed E-state index contributed by atoms with van der Waals surface area (Å²) in [5.74, 6) is 0.00206. The fourth-order valence-electron chi connectivity index (χ4n) is 1.39. The minimum absolute atomic E-state index is 0.114. The third-order valence-corrected chi connectivity index (χ3v) is 2.50. The van der Waals surface area contributed by atoms with Gasteiger partial charge in [-0.2, -0.15) is 0 Å². The molecule has 0 aliphatic heterocycles. The third kappa shape index (κ3) is 1.83. The molecule has 2 aromatic rings. The summed E-state index contributed by atoms with van der Waals surface area (Å²) >= 11 is 3.33. The van der Waals surface area contributed by atoms with Gasteiger partial charge >= 0.3 is 0 Å². The van der Waals surface area contributed by atoms with Crippen LogP contribution >= 0.6 is 15.9 Å². The Bertz CT molecular complexity index is 548. The first-order valence-electron chi connectivity index (χ1n) is 4.31. The number of fused-ring (bicyclic) bond motifs is 1. The van der Waals surface area contributed by atoms with Gasteiger partial charge in [0.05, 0.1) is 5.52 Å². The summed E-state index contributed by atoms with van der Waals surface area (Å²) in [6.07, 6.45) is 0. The van der Waals surface area contributed by atoms with Gasteiger partial charge in [-0.3, -0.25) is 4.79 Å². The lowest BCUT2D eigenvalue weighted by Gasteiger charge is -2.03. The number of carbonyl (C=O) groups is 1. The van der Waals surface area contributed by atoms with E-state index in [0.717, 1.165) is 9.86 Å². The van der Waals surface area contributed by atoms with Gasteiger partial charge in [-0.1, -0.05) is 15.9 Å². The van der Waals surface area contributed by atoms with E-state index in [1.807, 2.05) is 6.07 Å². The molecule has 0 atom stereocenters. The van der Waals surface area contributed by atoms with Gasteiger partial charge in [0.2, 0.25) is 5.95 Å². The molecule has 1 aromatic carbocycles. The summed E-state index contributed by atoms with van der Waals surface area (Å²) in [7, 11) is 0. The van der Waals surface area contributed by atoms with Gasteiger partial charge in [0, 0.05) is 16.8 Å². The van der Waals surface area contributed by atoms with Crippen LogP contribution < -0.4 is 5.73 Å². The molecule has 15 heavy (non-hydrogen) atoms. The number of anilines is 1. The molecule has 0 spiro atoms. The van der Waals surface area contributed by atoms with Crippen molar-refractivity contribution < 1.29 is 4.79 Å². The van der Waals surface area contributed by atoms with Crippen molar-refractivity contribution >= 4 is 38.6 Å². The average molecular weight is 266 g/mol. The number of halogens is 1. The molecule has 5 heteroatoms. The second kappa shape index (κ2) is 3.58. The second-order valence-electron chi connectivity index (χ2n) is 3.15. The van der Waals surface area contributed by atoms with Crippen LogP contribution in [0, 0.1) is 0 Å². The Morgan fingerprint density at radius 1 is 1.40 bits per heavy atom. The molecule has 0 fully saturated rings. The van der Waals surface area contributed by atoms with Crippen LogP contribution in [-0.4, -0.2) is 15.8 Å². The van der Waals surface area contributed by atoms with Crippen molar-refractivity contribution in [3.05, 3.63) is 28.4 Å². The van der Waals surface area contributed by atoms with E-state index in [9.17, 15) is 4.79 Å². The topological polar surface area (TPSA) is 68.9 Å². The standard InChI is InChI=1S/C10H8BrN3O/c1-5(15)9-7-3-2-6(11)4-8(7)13-10(12)14-9/h2-4H,1H3,(H2,12,13,14). The highest BCUT2D eigenvalue weighted by atomic mass is 79.9. The smallest absolute Gasteiger partial charge is 0.221 e. The molecule has 0 unspecified atom stereocenters. The van der Waals surface area contributed by atoms with Crippen molar-refractivity contribution in [3.63, 3.8) is 0 Å². The molecular formula is C10H8BrN3O. The number of rotatable bonds is 1. The van der Waals surface area contributed by atoms with Crippen LogP contribution in [0.2, 0.25) is 0 Å². The molecule has 76 valence electrons. The average Bonchev–Trinajstić information content (AvgIpc) is 2.15. The van der Waals surface area contributed by atoms with Crippen LogP contribution in [0.4, 0.5) is 5.95 Å². The number of nitrogens with zero attached hydrogens (tertiary/aromatic N) is 2. The van der Waals surface area contributed by atoms with Crippen LogP contribution in [0.5, 0.6) is 0 Å². The van der Waals surface area contributed by atoms with E-state index >= 15 is 0 Å². The van der Waals surface area contributed by atoms with Crippen molar-refractivity contribution in [1.29, 1.82) is 0 Å². The highest BCUT2D eigenvalue weighted by Crippen LogP contribution is 2.21. The Balaban J connectivity index is 2.86. The van der Waals surface area contributed by atoms with Gasteiger partial charge in [-0.25, -0.2) is 9.97 Å². The second-order valence-corrected chi connectivity index (χ2v) is 4.06. The van der Waals surface area contributed by atoms with E-state index in [1.54, 1.807) is 12.1 Å². The lowest BCUT2D eigenvalue weighted by Crippen LogP contribution is -2.04. The monoisotopic (exact) mass is 265 g/mol. The summed E-state index contributed by atoms with van der Waals surface area (Å²) in [4.78, 5) is 19.3. The zero-order valence-electron chi connectivity index (χ0n) is 7.99. The molecule has 1 heterocycles. The van der Waals surface area contributed by atoms with Gasteiger partial charge in [0.15, 0.2) is 5.78 Å². The minimum atomic E-state index is -0.114. The molecule has 0 radical (unpaired) electrons. The molecule has 0 saturated heterocycles. The Hall–Kier alpha value is -1.49. The maximum Gasteiger partial charge on any atom is 0.221 e. The summed E-state index contributed by atoms with van der Waals surface area (Å²) < 4.78 is 0.891. The van der Waals surface area contributed by atoms with E-state index in [4.69, 9.17) is 5.73 Å². The number of hydrogen-bond donors (Lipinski definition) is 1. The number of nitrogen functional groups attached to an aromatic ring is 1. The normalized spacial score (nSPS) is 10.5. The predicted octanol–water partition coefficient (Wildman–Crippen LogP) is 2.18. The Morgan fingerprint density at radius 2 is 2.13 bits per heavy atom. The number of benzene rings is 1. The third-order valence-electron chi connectivity index (χ3n) is 2.01. The quantitative estimate of drug-likeness (QED) is 0.803. The number of Topliss-reactive ketones (excluding diaryl/α,β-unsaturated/α-hetero) is 1. The summed E-state index contributed by atoms with van der Waals surface area (Å²) in [6, 6.07) is 5.45. The minimum Gasteiger partial charge on any atom is -0.368 e. The Labute approximate surface area is 94.7 Å². The Morgan fingerprint density at radius 3 is 2.80 bits per heavy atom. The number of hydrogen-bond acceptors (Lipinski definition) is 4. The molecule has 4 nitrogen and oxygen atoms in total. The molecular weight excluding hydrogens is 258 g/mol. The van der Waals surface area contributed by atoms with E-state index in [-0.39, 0.29) is 11.7 Å². The van der Waals surface area contributed by atoms with E-state index in [2.05, 4.69) is 25.9 Å². The van der Waals surface area contributed by atoms with Gasteiger partial charge < -0.3 is 5.73 Å². The van der Waals surface area contributed by atoms with E-state index < -0.39 is 0 Å². The maximum absolute atomic E-state index is 11.3. The van der Waals surface area contributed by atoms with Crippen molar-refractivity contribution in [2.45, 2.75) is 6.92 Å². The van der Waals surface area contributed by atoms with Crippen LogP contribution in [0.15, 0.2) is 22.7 Å². The Kier molecular flexibility index (Phi) is 2.40. The first-order chi connectivity index (χ1) is 7.08. The van der Waals surface area contributed by atoms with Crippen LogP contribution in [0.25, 0.3) is 10.9 Å². The summed E-state index contributed by atoms with van der Waals surface area (Å²) in [5.41, 5.74) is 6.56. The fourth-order valence-corrected chi connectivity index (χ4v) is 1.74. The number of aromatic nitrogens is 2. The molecule has 0 bridgehead atoms. The van der Waals surface area contributed by atoms with Crippen molar-refractivity contribution in [3.8, 4) is 0 Å². The lowest BCUT2D eigenvalue weighted by molar-refractivity contribution is 0.101. The zero-order valence-corrected chi connectivity index (χ0v) is 9.58. The molecule has 0 aliphatic rings. The lowest BCUT2D eigenvalue weighted by atomic mass is 10.1. The molecule has 0 amide bonds. The number of ketones is 1. The van der Waals surface area contributed by atoms with E-state index in [1.165, 1.54) is 6.92 Å². The molecule has 2 N–H and O–H groups in total. The first kappa shape index (κ1) is 10.0. The largest absolute Gasteiger partial charge is 0.368 e. The molecule has 0 aliphatic carbocycles. The molecule has 0 saturated carbocycles. The van der Waals surface area contributed by atoms with Gasteiger partial charge in [-0.15, -0.1) is 0 Å². The SMILES string of the molecule is CC(=O)c1nc(N)nc2cc(Br)ccc12. The summed E-state index contributed by atoms with van der Waals surface area (Å²) in [5, 5.41) is 0.722. The highest BCUT2D eigenvalue weighted by molar-refractivity contribution is 9.10. The van der Waals surface area contributed by atoms with E-state index in [0.29, 0.717) is 11.2 Å². The van der Waals surface area contributed by atoms with Crippen molar-refractivity contribution in [2.24, 2.45) is 0 Å². The highest BCUT2D eigenvalue weighted by Gasteiger charge is 2.09. The van der Waals surface area contributed by atoms with Gasteiger partial charge in [0.25, 0.3) is 0 Å². The summed E-state index contributed by atoms with van der Waals surface area (Å²) in [6.45, 7) is 1.46. The van der Waals surface area contributed by atoms with Gasteiger partial charge in [-0.05, 0) is 18.2 Å². The van der Waals surface area contributed by atoms with Crippen LogP contribution in [0.3, 0.4) is 0 Å². The maximum atomic E-state index is 11.3. The van der Waals surface area contributed by atoms with Crippen LogP contribution in [0.1, 0.15) is 17.4 Å². The van der Waals surface area contributed by atoms with Crippen molar-refractivity contribution in [1.82, 2.24) is 9.97 Å². The van der Waals surface area contributed by atoms with Crippen LogP contribution in [-0.2, 0) is 0 Å². The number of nitrogens with two attached hydrogens (primary N) is 1. The predicted molar refractivity (Wildman–Crippen MR) is 61.7 cm³/mol. The number of carbonyl (C=O) groups excluding carboxylic acids is 1. The molecule has 1 aromatic heterocycles. The van der Waals surface area contributed by atoms with Crippen molar-refractivity contribution in [2.75, 3.05) is 5.73 Å². The zero-order chi connectivity index (χ0) is 11.0. The van der Waals surface area contributed by atoms with Gasteiger partial charge in [0.1, 0.15) is 5.69 Å². The first-order valence-corrected chi connectivity index (χ1v) is 5.11. The fraction of sp³-hybridized carbons (Fsp3) is 0.100.